The van der Waals surface area contributed by atoms with Gasteiger partial charge in [0.15, 0.2) is 0 Å². The van der Waals surface area contributed by atoms with E-state index in [1.807, 2.05) is 0 Å². The number of furan rings is 1. The quantitative estimate of drug-likeness (QED) is 0.845. The average Bonchev–Trinajstić information content (AvgIpc) is 2.66. The van der Waals surface area contributed by atoms with Gasteiger partial charge in [0.25, 0.3) is 0 Å². The van der Waals surface area contributed by atoms with E-state index in [4.69, 9.17) is 9.52 Å². The predicted molar refractivity (Wildman–Crippen MR) is 55.8 cm³/mol. The summed E-state index contributed by atoms with van der Waals surface area (Å²) >= 11 is 0. The van der Waals surface area contributed by atoms with Gasteiger partial charge in [-0.2, -0.15) is 0 Å². The third kappa shape index (κ3) is 1.82. The lowest BCUT2D eigenvalue weighted by molar-refractivity contribution is 0.0663. The summed E-state index contributed by atoms with van der Waals surface area (Å²) in [5.74, 6) is -1.57. The number of carboxylic acid groups (broad SMARTS) is 1. The van der Waals surface area contributed by atoms with Crippen LogP contribution in [-0.2, 0) is 0 Å². The van der Waals surface area contributed by atoms with Gasteiger partial charge in [0.1, 0.15) is 11.6 Å². The van der Waals surface area contributed by atoms with E-state index >= 15 is 0 Å². The van der Waals surface area contributed by atoms with Crippen LogP contribution in [0.4, 0.5) is 4.39 Å². The largest absolute Gasteiger partial charge is 0.475 e. The lowest BCUT2D eigenvalue weighted by Gasteiger charge is -2.00. The van der Waals surface area contributed by atoms with Gasteiger partial charge in [-0.15, -0.1) is 0 Å². The van der Waals surface area contributed by atoms with Crippen LogP contribution in [0.5, 0.6) is 0 Å². The summed E-state index contributed by atoms with van der Waals surface area (Å²) in [5.41, 5.74) is 1.06. The zero-order valence-electron chi connectivity index (χ0n) is 8.53. The molecule has 4 heteroatoms. The number of carbonyl (C=O) groups is 1. The topological polar surface area (TPSA) is 50.4 Å². The van der Waals surface area contributed by atoms with Crippen molar-refractivity contribution in [2.45, 2.75) is 6.92 Å². The van der Waals surface area contributed by atoms with E-state index < -0.39 is 11.8 Å². The lowest BCUT2D eigenvalue weighted by atomic mass is 10.1. The number of aryl methyl sites for hydroxylation is 1. The normalized spacial score (nSPS) is 10.4. The molecule has 0 aliphatic carbocycles. The van der Waals surface area contributed by atoms with Gasteiger partial charge in [-0.1, -0.05) is 6.07 Å². The summed E-state index contributed by atoms with van der Waals surface area (Å²) in [4.78, 5) is 10.6. The molecule has 3 nitrogen and oxygen atoms in total. The highest BCUT2D eigenvalue weighted by molar-refractivity contribution is 5.85. The van der Waals surface area contributed by atoms with Crippen LogP contribution in [0.1, 0.15) is 16.1 Å². The lowest BCUT2D eigenvalue weighted by Crippen LogP contribution is -1.91. The van der Waals surface area contributed by atoms with Crippen molar-refractivity contribution in [3.8, 4) is 11.3 Å². The van der Waals surface area contributed by atoms with E-state index in [0.717, 1.165) is 5.56 Å². The molecule has 2 rings (SSSR count). The molecule has 0 unspecified atom stereocenters. The number of hydrogen-bond donors (Lipinski definition) is 1. The highest BCUT2D eigenvalue weighted by Gasteiger charge is 2.13. The molecule has 0 atom stereocenters. The Balaban J connectivity index is 2.46. The molecule has 16 heavy (non-hydrogen) atoms. The van der Waals surface area contributed by atoms with Gasteiger partial charge in [-0.25, -0.2) is 9.18 Å². The standard InChI is InChI=1S/C12H9FO3/c1-7-2-3-8(9(13)6-7)10-4-5-11(16-10)12(14)15/h2-6H,1H3,(H,14,15). The first-order valence-corrected chi connectivity index (χ1v) is 4.67. The van der Waals surface area contributed by atoms with Crippen molar-refractivity contribution in [1.29, 1.82) is 0 Å². The van der Waals surface area contributed by atoms with Crippen molar-refractivity contribution in [3.63, 3.8) is 0 Å². The number of carboxylic acids is 1. The van der Waals surface area contributed by atoms with Crippen molar-refractivity contribution in [2.24, 2.45) is 0 Å². The van der Waals surface area contributed by atoms with Gasteiger partial charge in [-0.05, 0) is 36.8 Å². The molecule has 0 aliphatic heterocycles. The zero-order chi connectivity index (χ0) is 11.7. The van der Waals surface area contributed by atoms with E-state index in [0.29, 0.717) is 0 Å². The molecule has 0 saturated heterocycles. The minimum absolute atomic E-state index is 0.199. The Morgan fingerprint density at radius 1 is 1.31 bits per heavy atom. The average molecular weight is 220 g/mol. The molecule has 0 bridgehead atoms. The Hall–Kier alpha value is -2.10. The van der Waals surface area contributed by atoms with E-state index in [1.165, 1.54) is 18.2 Å². The van der Waals surface area contributed by atoms with Crippen LogP contribution in [0, 0.1) is 12.7 Å². The summed E-state index contributed by atoms with van der Waals surface area (Å²) in [6.45, 7) is 1.78. The van der Waals surface area contributed by atoms with Crippen LogP contribution in [-0.4, -0.2) is 11.1 Å². The van der Waals surface area contributed by atoms with Crippen molar-refractivity contribution in [3.05, 3.63) is 47.5 Å². The Morgan fingerprint density at radius 3 is 2.62 bits per heavy atom. The number of benzene rings is 1. The summed E-state index contributed by atoms with van der Waals surface area (Å²) in [6, 6.07) is 7.42. The van der Waals surface area contributed by atoms with Crippen molar-refractivity contribution >= 4 is 5.97 Å². The first-order valence-electron chi connectivity index (χ1n) is 4.67. The molecule has 1 N–H and O–H groups in total. The monoisotopic (exact) mass is 220 g/mol. The highest BCUT2D eigenvalue weighted by Crippen LogP contribution is 2.25. The molecule has 0 amide bonds. The van der Waals surface area contributed by atoms with E-state index in [2.05, 4.69) is 0 Å². The third-order valence-corrected chi connectivity index (χ3v) is 2.21. The number of aromatic carboxylic acids is 1. The summed E-state index contributed by atoms with van der Waals surface area (Å²) in [6.07, 6.45) is 0. The highest BCUT2D eigenvalue weighted by atomic mass is 19.1. The van der Waals surface area contributed by atoms with Crippen molar-refractivity contribution in [1.82, 2.24) is 0 Å². The maximum Gasteiger partial charge on any atom is 0.371 e. The SMILES string of the molecule is Cc1ccc(-c2ccc(C(=O)O)o2)c(F)c1. The van der Waals surface area contributed by atoms with Crippen LogP contribution < -0.4 is 0 Å². The first kappa shape index (κ1) is 10.4. The Bertz CT molecular complexity index is 543. The summed E-state index contributed by atoms with van der Waals surface area (Å²) < 4.78 is 18.6. The van der Waals surface area contributed by atoms with Crippen LogP contribution >= 0.6 is 0 Å². The molecule has 0 spiro atoms. The fourth-order valence-corrected chi connectivity index (χ4v) is 1.42. The second-order valence-electron chi connectivity index (χ2n) is 3.45. The smallest absolute Gasteiger partial charge is 0.371 e. The predicted octanol–water partition coefficient (Wildman–Crippen LogP) is 3.09. The minimum atomic E-state index is -1.17. The second-order valence-corrected chi connectivity index (χ2v) is 3.45. The Labute approximate surface area is 91.1 Å². The summed E-state index contributed by atoms with van der Waals surface area (Å²) in [5, 5.41) is 8.67. The molecule has 2 aromatic rings. The molecule has 82 valence electrons. The molecular weight excluding hydrogens is 211 g/mol. The Kier molecular flexibility index (Phi) is 2.48. The summed E-state index contributed by atoms with van der Waals surface area (Å²) in [7, 11) is 0. The fraction of sp³-hybridized carbons (Fsp3) is 0.0833. The van der Waals surface area contributed by atoms with Gasteiger partial charge < -0.3 is 9.52 Å². The van der Waals surface area contributed by atoms with Crippen molar-refractivity contribution in [2.75, 3.05) is 0 Å². The van der Waals surface area contributed by atoms with Crippen LogP contribution in [0.2, 0.25) is 0 Å². The van der Waals surface area contributed by atoms with Gasteiger partial charge in [0.2, 0.25) is 5.76 Å². The molecule has 0 aliphatic rings. The fourth-order valence-electron chi connectivity index (χ4n) is 1.42. The van der Waals surface area contributed by atoms with Crippen LogP contribution in [0.15, 0.2) is 34.7 Å². The maximum atomic E-state index is 13.5. The molecule has 1 heterocycles. The van der Waals surface area contributed by atoms with Crippen LogP contribution in [0.3, 0.4) is 0 Å². The number of halogens is 1. The minimum Gasteiger partial charge on any atom is -0.475 e. The molecule has 0 fully saturated rings. The third-order valence-electron chi connectivity index (χ3n) is 2.21. The molecule has 0 saturated carbocycles. The van der Waals surface area contributed by atoms with Gasteiger partial charge >= 0.3 is 5.97 Å². The van der Waals surface area contributed by atoms with Crippen LogP contribution in [0.25, 0.3) is 11.3 Å². The van der Waals surface area contributed by atoms with E-state index in [9.17, 15) is 9.18 Å². The number of rotatable bonds is 2. The van der Waals surface area contributed by atoms with Crippen molar-refractivity contribution < 1.29 is 18.7 Å². The molecule has 1 aromatic carbocycles. The Morgan fingerprint density at radius 2 is 2.06 bits per heavy atom. The molecular formula is C12H9FO3. The zero-order valence-corrected chi connectivity index (χ0v) is 8.53. The van der Waals surface area contributed by atoms with E-state index in [-0.39, 0.29) is 17.1 Å². The van der Waals surface area contributed by atoms with Gasteiger partial charge in [0.05, 0.1) is 5.56 Å². The van der Waals surface area contributed by atoms with Gasteiger partial charge in [-0.3, -0.25) is 0 Å². The molecule has 0 radical (unpaired) electrons. The second kappa shape index (κ2) is 3.81. The maximum absolute atomic E-state index is 13.5. The van der Waals surface area contributed by atoms with E-state index in [1.54, 1.807) is 19.1 Å². The molecule has 1 aromatic heterocycles. The number of hydrogen-bond acceptors (Lipinski definition) is 2. The van der Waals surface area contributed by atoms with Gasteiger partial charge in [0, 0.05) is 0 Å². The first-order chi connectivity index (χ1) is 7.58.